The van der Waals surface area contributed by atoms with Gasteiger partial charge in [-0.05, 0) is 62.8 Å². The molecule has 0 unspecified atom stereocenters. The number of aromatic nitrogens is 2. The van der Waals surface area contributed by atoms with Crippen LogP contribution in [0.3, 0.4) is 0 Å². The van der Waals surface area contributed by atoms with Crippen LogP contribution in [-0.2, 0) is 12.8 Å². The molecule has 1 aromatic carbocycles. The molecule has 5 heteroatoms. The van der Waals surface area contributed by atoms with Crippen LogP contribution in [0.15, 0.2) is 36.4 Å². The van der Waals surface area contributed by atoms with E-state index in [-0.39, 0.29) is 5.91 Å². The van der Waals surface area contributed by atoms with Crippen LogP contribution in [-0.4, -0.2) is 33.7 Å². The zero-order valence-electron chi connectivity index (χ0n) is 15.6. The minimum absolute atomic E-state index is 0.212. The molecule has 1 fully saturated rings. The van der Waals surface area contributed by atoms with Gasteiger partial charge < -0.3 is 4.90 Å². The average Bonchev–Trinajstić information content (AvgIpc) is 3.30. The maximum atomic E-state index is 13.0. The van der Waals surface area contributed by atoms with E-state index in [4.69, 9.17) is 5.10 Å². The van der Waals surface area contributed by atoms with Gasteiger partial charge in [-0.15, -0.1) is 11.3 Å². The summed E-state index contributed by atoms with van der Waals surface area (Å²) < 4.78 is 2.08. The van der Waals surface area contributed by atoms with Crippen LogP contribution in [0.1, 0.15) is 45.9 Å². The second-order valence-corrected chi connectivity index (χ2v) is 8.52. The van der Waals surface area contributed by atoms with E-state index in [0.29, 0.717) is 0 Å². The molecule has 0 spiro atoms. The number of piperidine rings is 1. The van der Waals surface area contributed by atoms with Crippen molar-refractivity contribution in [2.75, 3.05) is 13.1 Å². The van der Waals surface area contributed by atoms with Crippen molar-refractivity contribution >= 4 is 17.2 Å². The van der Waals surface area contributed by atoms with E-state index in [1.807, 2.05) is 23.1 Å². The lowest BCUT2D eigenvalue weighted by atomic mass is 9.95. The molecular formula is C22H23N3OS. The number of fused-ring (bicyclic) bond motifs is 3. The average molecular weight is 378 g/mol. The molecule has 27 heavy (non-hydrogen) atoms. The molecule has 138 valence electrons. The number of hydrogen-bond donors (Lipinski definition) is 0. The Morgan fingerprint density at radius 2 is 1.85 bits per heavy atom. The van der Waals surface area contributed by atoms with Gasteiger partial charge in [0.25, 0.3) is 5.91 Å². The highest BCUT2D eigenvalue weighted by atomic mass is 32.1. The number of nitrogens with zero attached hydrogens (tertiary/aromatic N) is 3. The van der Waals surface area contributed by atoms with E-state index < -0.39 is 0 Å². The molecule has 0 radical (unpaired) electrons. The minimum Gasteiger partial charge on any atom is -0.338 e. The summed E-state index contributed by atoms with van der Waals surface area (Å²) in [7, 11) is 0. The third-order valence-corrected chi connectivity index (χ3v) is 6.86. The number of para-hydroxylation sites is 1. The largest absolute Gasteiger partial charge is 0.338 e. The van der Waals surface area contributed by atoms with E-state index in [0.717, 1.165) is 55.0 Å². The summed E-state index contributed by atoms with van der Waals surface area (Å²) in [6, 6.07) is 12.5. The van der Waals surface area contributed by atoms with E-state index >= 15 is 0 Å². The Morgan fingerprint density at radius 3 is 2.63 bits per heavy atom. The Balaban J connectivity index is 1.54. The van der Waals surface area contributed by atoms with Crippen LogP contribution in [0.4, 0.5) is 0 Å². The molecular weight excluding hydrogens is 354 g/mol. The molecule has 1 saturated heterocycles. The molecule has 3 aromatic rings. The summed E-state index contributed by atoms with van der Waals surface area (Å²) in [4.78, 5) is 17.1. The fraction of sp³-hybridized carbons (Fsp3) is 0.364. The van der Waals surface area contributed by atoms with Gasteiger partial charge in [-0.2, -0.15) is 5.10 Å². The first-order valence-corrected chi connectivity index (χ1v) is 10.6. The third kappa shape index (κ3) is 2.81. The predicted molar refractivity (Wildman–Crippen MR) is 109 cm³/mol. The van der Waals surface area contributed by atoms with Crippen LogP contribution in [0, 0.1) is 6.92 Å². The molecule has 5 rings (SSSR count). The van der Waals surface area contributed by atoms with Crippen LogP contribution in [0.2, 0.25) is 0 Å². The highest BCUT2D eigenvalue weighted by Gasteiger charge is 2.29. The van der Waals surface area contributed by atoms with Gasteiger partial charge >= 0.3 is 0 Å². The maximum absolute atomic E-state index is 13.0. The number of carbonyl (C=O) groups excluding carboxylic acids is 1. The summed E-state index contributed by atoms with van der Waals surface area (Å²) in [6.45, 7) is 3.88. The van der Waals surface area contributed by atoms with Gasteiger partial charge in [0.2, 0.25) is 0 Å². The van der Waals surface area contributed by atoms with E-state index in [1.54, 1.807) is 11.3 Å². The second kappa shape index (κ2) is 6.64. The molecule has 1 aliphatic carbocycles. The van der Waals surface area contributed by atoms with E-state index in [2.05, 4.69) is 29.8 Å². The number of rotatable bonds is 2. The Labute approximate surface area is 163 Å². The first-order chi connectivity index (χ1) is 13.2. The van der Waals surface area contributed by atoms with Crippen LogP contribution < -0.4 is 0 Å². The molecule has 2 aromatic heterocycles. The molecule has 3 heterocycles. The molecule has 0 bridgehead atoms. The van der Waals surface area contributed by atoms with Crippen molar-refractivity contribution in [2.45, 2.75) is 39.0 Å². The van der Waals surface area contributed by atoms with Crippen molar-refractivity contribution in [2.24, 2.45) is 0 Å². The minimum atomic E-state index is 0.212. The number of thiophene rings is 1. The van der Waals surface area contributed by atoms with Crippen LogP contribution >= 0.6 is 11.3 Å². The number of benzene rings is 1. The molecule has 1 amide bonds. The normalized spacial score (nSPS) is 16.1. The van der Waals surface area contributed by atoms with Crippen molar-refractivity contribution in [3.63, 3.8) is 0 Å². The predicted octanol–water partition coefficient (Wildman–Crippen LogP) is 4.63. The first-order valence-electron chi connectivity index (χ1n) is 9.78. The molecule has 0 saturated carbocycles. The summed E-state index contributed by atoms with van der Waals surface area (Å²) >= 11 is 1.66. The standard InChI is InChI=1S/C22H23N3OS/c1-15-20-18(25(23-15)17-8-4-2-5-9-17)11-10-16-14-19(27-21(16)20)22(26)24-12-6-3-7-13-24/h2,4-5,8-9,14H,3,6-7,10-13H2,1H3. The number of hydrogen-bond acceptors (Lipinski definition) is 3. The Kier molecular flexibility index (Phi) is 4.12. The summed E-state index contributed by atoms with van der Waals surface area (Å²) in [5.41, 5.74) is 5.97. The third-order valence-electron chi connectivity index (χ3n) is 5.68. The van der Waals surface area contributed by atoms with Gasteiger partial charge in [0.15, 0.2) is 0 Å². The number of amides is 1. The van der Waals surface area contributed by atoms with Crippen molar-refractivity contribution in [3.05, 3.63) is 58.2 Å². The number of aryl methyl sites for hydroxylation is 2. The highest BCUT2D eigenvalue weighted by Crippen LogP contribution is 2.42. The first kappa shape index (κ1) is 16.8. The van der Waals surface area contributed by atoms with Crippen LogP contribution in [0.25, 0.3) is 16.1 Å². The summed E-state index contributed by atoms with van der Waals surface area (Å²) in [5.74, 6) is 0.212. The molecule has 4 nitrogen and oxygen atoms in total. The van der Waals surface area contributed by atoms with E-state index in [9.17, 15) is 4.79 Å². The number of carbonyl (C=O) groups is 1. The smallest absolute Gasteiger partial charge is 0.263 e. The SMILES string of the molecule is Cc1nn(-c2ccccc2)c2c1-c1sc(C(=O)N3CCCCC3)cc1CC2. The van der Waals surface area contributed by atoms with E-state index in [1.165, 1.54) is 28.1 Å². The van der Waals surface area contributed by atoms with Crippen LogP contribution in [0.5, 0.6) is 0 Å². The molecule has 0 N–H and O–H groups in total. The van der Waals surface area contributed by atoms with Crippen molar-refractivity contribution in [1.29, 1.82) is 0 Å². The fourth-order valence-electron chi connectivity index (χ4n) is 4.32. The van der Waals surface area contributed by atoms with Gasteiger partial charge in [-0.25, -0.2) is 4.68 Å². The monoisotopic (exact) mass is 377 g/mol. The van der Waals surface area contributed by atoms with Crippen molar-refractivity contribution < 1.29 is 4.79 Å². The highest BCUT2D eigenvalue weighted by molar-refractivity contribution is 7.17. The van der Waals surface area contributed by atoms with Gasteiger partial charge in [-0.3, -0.25) is 4.79 Å². The van der Waals surface area contributed by atoms with Crippen molar-refractivity contribution in [1.82, 2.24) is 14.7 Å². The quantitative estimate of drug-likeness (QED) is 0.653. The van der Waals surface area contributed by atoms with Gasteiger partial charge in [0.05, 0.1) is 22.0 Å². The zero-order chi connectivity index (χ0) is 18.4. The Morgan fingerprint density at radius 1 is 1.07 bits per heavy atom. The second-order valence-electron chi connectivity index (χ2n) is 7.47. The van der Waals surface area contributed by atoms with Gasteiger partial charge in [-0.1, -0.05) is 18.2 Å². The van der Waals surface area contributed by atoms with Gasteiger partial charge in [0, 0.05) is 23.5 Å². The Bertz CT molecular complexity index is 996. The zero-order valence-corrected chi connectivity index (χ0v) is 16.4. The fourth-order valence-corrected chi connectivity index (χ4v) is 5.62. The lowest BCUT2D eigenvalue weighted by molar-refractivity contribution is 0.0729. The lowest BCUT2D eigenvalue weighted by Gasteiger charge is -2.26. The number of likely N-dealkylation sites (tertiary alicyclic amines) is 1. The lowest BCUT2D eigenvalue weighted by Crippen LogP contribution is -2.35. The maximum Gasteiger partial charge on any atom is 0.263 e. The summed E-state index contributed by atoms with van der Waals surface area (Å²) in [6.07, 6.45) is 5.44. The molecule has 0 atom stereocenters. The molecule has 2 aliphatic rings. The topological polar surface area (TPSA) is 38.1 Å². The summed E-state index contributed by atoms with van der Waals surface area (Å²) in [5, 5.41) is 4.83. The van der Waals surface area contributed by atoms with Gasteiger partial charge in [0.1, 0.15) is 0 Å². The van der Waals surface area contributed by atoms with Crippen molar-refractivity contribution in [3.8, 4) is 16.1 Å². The molecule has 1 aliphatic heterocycles. The Hall–Kier alpha value is -2.40.